The van der Waals surface area contributed by atoms with Crippen molar-refractivity contribution in [1.29, 1.82) is 0 Å². The number of sulfonamides is 1. The van der Waals surface area contributed by atoms with Crippen LogP contribution >= 0.6 is 0 Å². The highest BCUT2D eigenvalue weighted by atomic mass is 32.2. The monoisotopic (exact) mass is 423 g/mol. The lowest BCUT2D eigenvalue weighted by atomic mass is 10.1. The molecule has 0 aromatic heterocycles. The van der Waals surface area contributed by atoms with Gasteiger partial charge in [0.15, 0.2) is 0 Å². The van der Waals surface area contributed by atoms with Gasteiger partial charge >= 0.3 is 6.03 Å². The molecule has 29 heavy (non-hydrogen) atoms. The number of ether oxygens (including phenoxy) is 1. The summed E-state index contributed by atoms with van der Waals surface area (Å²) in [6.45, 7) is 3.08. The molecule has 1 aromatic rings. The summed E-state index contributed by atoms with van der Waals surface area (Å²) in [5, 5.41) is 2.22. The van der Waals surface area contributed by atoms with Crippen molar-refractivity contribution >= 4 is 22.0 Å². The molecule has 3 amide bonds. The molecular weight excluding hydrogens is 394 g/mol. The van der Waals surface area contributed by atoms with Gasteiger partial charge in [0.05, 0.1) is 12.4 Å². The zero-order chi connectivity index (χ0) is 20.9. The van der Waals surface area contributed by atoms with Gasteiger partial charge in [-0.1, -0.05) is 18.6 Å². The molecule has 160 valence electrons. The van der Waals surface area contributed by atoms with Crippen molar-refractivity contribution in [3.05, 3.63) is 29.8 Å². The maximum atomic E-state index is 12.4. The first-order valence-corrected chi connectivity index (χ1v) is 11.8. The predicted molar refractivity (Wildman–Crippen MR) is 109 cm³/mol. The third-order valence-corrected chi connectivity index (χ3v) is 6.64. The van der Waals surface area contributed by atoms with Gasteiger partial charge in [-0.05, 0) is 56.2 Å². The quantitative estimate of drug-likeness (QED) is 0.396. The topological polar surface area (TPSA) is 105 Å². The highest BCUT2D eigenvalue weighted by molar-refractivity contribution is 7.89. The third-order valence-electron chi connectivity index (χ3n) is 5.11. The van der Waals surface area contributed by atoms with Gasteiger partial charge in [0.1, 0.15) is 12.3 Å². The average molecular weight is 424 g/mol. The summed E-state index contributed by atoms with van der Waals surface area (Å²) in [6, 6.07) is 6.82. The largest absolute Gasteiger partial charge is 0.493 e. The Morgan fingerprint density at radius 1 is 1.24 bits per heavy atom. The number of carbonyl (C=O) groups excluding carboxylic acids is 2. The van der Waals surface area contributed by atoms with Gasteiger partial charge in [-0.25, -0.2) is 17.9 Å². The van der Waals surface area contributed by atoms with Crippen molar-refractivity contribution in [1.82, 2.24) is 14.9 Å². The second-order valence-corrected chi connectivity index (χ2v) is 9.69. The molecule has 0 radical (unpaired) electrons. The molecule has 0 bridgehead atoms. The average Bonchev–Trinajstić information content (AvgIpc) is 3.44. The molecule has 1 saturated heterocycles. The first-order valence-electron chi connectivity index (χ1n) is 10.1. The van der Waals surface area contributed by atoms with Crippen LogP contribution in [0.2, 0.25) is 0 Å². The Balaban J connectivity index is 1.38. The number of carbonyl (C=O) groups is 2. The van der Waals surface area contributed by atoms with Crippen LogP contribution in [0.15, 0.2) is 24.3 Å². The first-order chi connectivity index (χ1) is 13.8. The molecule has 2 N–H and O–H groups in total. The van der Waals surface area contributed by atoms with Gasteiger partial charge < -0.3 is 9.64 Å². The Labute approximate surface area is 172 Å². The maximum absolute atomic E-state index is 12.4. The van der Waals surface area contributed by atoms with E-state index in [1.54, 1.807) is 0 Å². The molecule has 1 atom stereocenters. The van der Waals surface area contributed by atoms with Crippen LogP contribution in [0.25, 0.3) is 0 Å². The summed E-state index contributed by atoms with van der Waals surface area (Å²) >= 11 is 0. The van der Waals surface area contributed by atoms with Crippen molar-refractivity contribution in [3.8, 4) is 5.75 Å². The summed E-state index contributed by atoms with van der Waals surface area (Å²) < 4.78 is 33.2. The van der Waals surface area contributed by atoms with Gasteiger partial charge in [0.25, 0.3) is 0 Å². The van der Waals surface area contributed by atoms with Crippen molar-refractivity contribution in [2.45, 2.75) is 45.1 Å². The number of hydrogen-bond acceptors (Lipinski definition) is 5. The Morgan fingerprint density at radius 2 is 2.03 bits per heavy atom. The van der Waals surface area contributed by atoms with Crippen molar-refractivity contribution in [3.63, 3.8) is 0 Å². The lowest BCUT2D eigenvalue weighted by Gasteiger charge is -2.16. The molecular formula is C20H29N3O5S. The molecule has 3 rings (SSSR count). The van der Waals surface area contributed by atoms with Crippen LogP contribution in [-0.4, -0.2) is 50.7 Å². The van der Waals surface area contributed by atoms with Gasteiger partial charge in [-0.2, -0.15) is 0 Å². The summed E-state index contributed by atoms with van der Waals surface area (Å²) in [5.74, 6) is 1.16. The number of benzene rings is 1. The lowest BCUT2D eigenvalue weighted by Crippen LogP contribution is -2.30. The Kier molecular flexibility index (Phi) is 7.13. The smallest absolute Gasteiger partial charge is 0.324 e. The summed E-state index contributed by atoms with van der Waals surface area (Å²) in [5.41, 5.74) is 0.867. The van der Waals surface area contributed by atoms with Gasteiger partial charge in [0, 0.05) is 12.6 Å². The van der Waals surface area contributed by atoms with Gasteiger partial charge in [-0.15, -0.1) is 0 Å². The fourth-order valence-electron chi connectivity index (χ4n) is 3.20. The lowest BCUT2D eigenvalue weighted by molar-refractivity contribution is -0.118. The molecule has 8 nitrogen and oxygen atoms in total. The molecule has 9 heteroatoms. The normalized spacial score (nSPS) is 18.0. The fraction of sp³-hybridized carbons (Fsp3) is 0.600. The standard InChI is InChI=1S/C20H29N3O5S/c1-15(17-6-5-7-18(12-17)28-14-16-8-9-16)22-29(26,27)11-4-2-3-10-23-13-19(24)21-20(23)25/h5-7,12,15-16,22H,2-4,8-11,13-14H2,1H3,(H,21,24,25)/t15-/m1/s1. The number of hydrogen-bond donors (Lipinski definition) is 2. The van der Waals surface area contributed by atoms with E-state index in [0.717, 1.165) is 17.9 Å². The third kappa shape index (κ3) is 7.01. The maximum Gasteiger partial charge on any atom is 0.324 e. The zero-order valence-electron chi connectivity index (χ0n) is 16.7. The predicted octanol–water partition coefficient (Wildman–Crippen LogP) is 2.18. The Bertz CT molecular complexity index is 838. The van der Waals surface area contributed by atoms with E-state index in [4.69, 9.17) is 4.74 Å². The summed E-state index contributed by atoms with van der Waals surface area (Å²) in [7, 11) is -3.41. The number of imide groups is 1. The SMILES string of the molecule is C[C@@H](NS(=O)(=O)CCCCCN1CC(=O)NC1=O)c1cccc(OCC2CC2)c1. The van der Waals surface area contributed by atoms with Gasteiger partial charge in [-0.3, -0.25) is 10.1 Å². The molecule has 0 unspecified atom stereocenters. The summed E-state index contributed by atoms with van der Waals surface area (Å²) in [4.78, 5) is 24.0. The molecule has 2 aliphatic rings. The van der Waals surface area contributed by atoms with Crippen LogP contribution in [-0.2, 0) is 14.8 Å². The molecule has 1 aliphatic carbocycles. The molecule has 1 heterocycles. The second-order valence-electron chi connectivity index (χ2n) is 7.82. The number of unbranched alkanes of at least 4 members (excludes halogenated alkanes) is 2. The number of urea groups is 1. The summed E-state index contributed by atoms with van der Waals surface area (Å²) in [6.07, 6.45) is 4.26. The highest BCUT2D eigenvalue weighted by Crippen LogP contribution is 2.30. The number of amides is 3. The number of nitrogens with one attached hydrogen (secondary N) is 2. The molecule has 0 spiro atoms. The van der Waals surface area contributed by atoms with Crippen molar-refractivity contribution in [2.75, 3.05) is 25.4 Å². The van der Waals surface area contributed by atoms with E-state index in [1.807, 2.05) is 31.2 Å². The second kappa shape index (κ2) is 9.58. The minimum atomic E-state index is -3.41. The van der Waals surface area contributed by atoms with Crippen LogP contribution in [0.5, 0.6) is 5.75 Å². The van der Waals surface area contributed by atoms with E-state index in [0.29, 0.717) is 31.7 Å². The van der Waals surface area contributed by atoms with Crippen LogP contribution in [0, 0.1) is 5.92 Å². The van der Waals surface area contributed by atoms with E-state index in [2.05, 4.69) is 10.0 Å². The van der Waals surface area contributed by atoms with Crippen molar-refractivity contribution < 1.29 is 22.7 Å². The molecule has 2 fully saturated rings. The molecule has 1 aliphatic heterocycles. The zero-order valence-corrected chi connectivity index (χ0v) is 17.5. The Hall–Kier alpha value is -2.13. The molecule has 1 saturated carbocycles. The van der Waals surface area contributed by atoms with E-state index >= 15 is 0 Å². The van der Waals surface area contributed by atoms with Crippen LogP contribution in [0.4, 0.5) is 4.79 Å². The van der Waals surface area contributed by atoms with E-state index in [9.17, 15) is 18.0 Å². The van der Waals surface area contributed by atoms with Gasteiger partial charge in [0.2, 0.25) is 15.9 Å². The van der Waals surface area contributed by atoms with Crippen LogP contribution < -0.4 is 14.8 Å². The van der Waals surface area contributed by atoms with Crippen molar-refractivity contribution in [2.24, 2.45) is 5.92 Å². The van der Waals surface area contributed by atoms with E-state index in [-0.39, 0.29) is 30.3 Å². The number of nitrogens with zero attached hydrogens (tertiary/aromatic N) is 1. The number of rotatable bonds is 12. The van der Waals surface area contributed by atoms with E-state index < -0.39 is 10.0 Å². The highest BCUT2D eigenvalue weighted by Gasteiger charge is 2.26. The van der Waals surface area contributed by atoms with Crippen LogP contribution in [0.3, 0.4) is 0 Å². The minimum absolute atomic E-state index is 0.0281. The Morgan fingerprint density at radius 3 is 2.72 bits per heavy atom. The molecule has 1 aromatic carbocycles. The van der Waals surface area contributed by atoms with E-state index in [1.165, 1.54) is 17.7 Å². The fourth-order valence-corrected chi connectivity index (χ4v) is 4.58. The first kappa shape index (κ1) is 21.6. The minimum Gasteiger partial charge on any atom is -0.493 e. The van der Waals surface area contributed by atoms with Crippen LogP contribution in [0.1, 0.15) is 50.6 Å².